The van der Waals surface area contributed by atoms with E-state index in [1.807, 2.05) is 18.3 Å². The smallest absolute Gasteiger partial charge is 0.242 e. The van der Waals surface area contributed by atoms with Gasteiger partial charge in [0, 0.05) is 18.9 Å². The zero-order chi connectivity index (χ0) is 15.6. The molecule has 0 atom stereocenters. The van der Waals surface area contributed by atoms with Gasteiger partial charge in [-0.3, -0.25) is 4.98 Å². The minimum atomic E-state index is -3.72. The SMILES string of the molecule is N#Cc1ccccc1S(=O)(=O)NCc1cncc(C2CC2)c1. The molecular weight excluding hydrogens is 298 g/mol. The molecule has 1 fully saturated rings. The van der Waals surface area contributed by atoms with Crippen LogP contribution in [0.1, 0.15) is 35.4 Å². The molecule has 0 saturated heterocycles. The average Bonchev–Trinajstić information content (AvgIpc) is 3.38. The van der Waals surface area contributed by atoms with Crippen molar-refractivity contribution in [1.82, 2.24) is 9.71 Å². The van der Waals surface area contributed by atoms with Crippen molar-refractivity contribution in [2.24, 2.45) is 0 Å². The normalized spacial score (nSPS) is 14.5. The van der Waals surface area contributed by atoms with Gasteiger partial charge in [0.05, 0.1) is 10.5 Å². The molecule has 1 heterocycles. The fourth-order valence-corrected chi connectivity index (χ4v) is 3.47. The number of hydrogen-bond acceptors (Lipinski definition) is 4. The van der Waals surface area contributed by atoms with Gasteiger partial charge in [0.25, 0.3) is 0 Å². The summed E-state index contributed by atoms with van der Waals surface area (Å²) in [4.78, 5) is 4.17. The van der Waals surface area contributed by atoms with Crippen molar-refractivity contribution in [3.8, 4) is 6.07 Å². The molecule has 1 aliphatic rings. The maximum atomic E-state index is 12.3. The molecule has 0 spiro atoms. The highest BCUT2D eigenvalue weighted by atomic mass is 32.2. The predicted molar refractivity (Wildman–Crippen MR) is 81.4 cm³/mol. The van der Waals surface area contributed by atoms with Gasteiger partial charge in [0.2, 0.25) is 10.0 Å². The average molecular weight is 313 g/mol. The molecule has 3 rings (SSSR count). The summed E-state index contributed by atoms with van der Waals surface area (Å²) < 4.78 is 27.2. The van der Waals surface area contributed by atoms with E-state index in [0.717, 1.165) is 11.1 Å². The van der Waals surface area contributed by atoms with Gasteiger partial charge >= 0.3 is 0 Å². The summed E-state index contributed by atoms with van der Waals surface area (Å²) in [6.07, 6.45) is 5.84. The van der Waals surface area contributed by atoms with Gasteiger partial charge in [-0.2, -0.15) is 5.26 Å². The summed E-state index contributed by atoms with van der Waals surface area (Å²) in [7, 11) is -3.72. The van der Waals surface area contributed by atoms with Gasteiger partial charge in [-0.05, 0) is 42.0 Å². The summed E-state index contributed by atoms with van der Waals surface area (Å²) >= 11 is 0. The van der Waals surface area contributed by atoms with Crippen LogP contribution in [0.3, 0.4) is 0 Å². The maximum Gasteiger partial charge on any atom is 0.242 e. The van der Waals surface area contributed by atoms with Crippen LogP contribution in [0.2, 0.25) is 0 Å². The van der Waals surface area contributed by atoms with Crippen LogP contribution in [-0.4, -0.2) is 13.4 Å². The number of aromatic nitrogens is 1. The van der Waals surface area contributed by atoms with Crippen LogP contribution >= 0.6 is 0 Å². The standard InChI is InChI=1S/C16H15N3O2S/c17-8-14-3-1-2-4-16(14)22(20,21)19-10-12-7-15(11-18-9-12)13-5-6-13/h1-4,7,9,11,13,19H,5-6,10H2. The fourth-order valence-electron chi connectivity index (χ4n) is 2.29. The van der Waals surface area contributed by atoms with Crippen LogP contribution in [0.15, 0.2) is 47.6 Å². The van der Waals surface area contributed by atoms with Gasteiger partial charge in [-0.1, -0.05) is 18.2 Å². The minimum absolute atomic E-state index is 0.00352. The molecule has 5 nitrogen and oxygen atoms in total. The number of pyridine rings is 1. The monoisotopic (exact) mass is 313 g/mol. The van der Waals surface area contributed by atoms with Gasteiger partial charge < -0.3 is 0 Å². The van der Waals surface area contributed by atoms with E-state index in [-0.39, 0.29) is 17.0 Å². The molecule has 1 aliphatic carbocycles. The van der Waals surface area contributed by atoms with Crippen molar-refractivity contribution < 1.29 is 8.42 Å². The molecule has 22 heavy (non-hydrogen) atoms. The first kappa shape index (κ1) is 14.7. The Balaban J connectivity index is 1.78. The molecule has 6 heteroatoms. The van der Waals surface area contributed by atoms with Crippen molar-refractivity contribution in [3.05, 3.63) is 59.4 Å². The molecule has 0 amide bonds. The molecule has 1 saturated carbocycles. The Hall–Kier alpha value is -2.23. The van der Waals surface area contributed by atoms with Crippen LogP contribution in [0.25, 0.3) is 0 Å². The van der Waals surface area contributed by atoms with Crippen molar-refractivity contribution in [2.45, 2.75) is 30.2 Å². The van der Waals surface area contributed by atoms with Crippen molar-refractivity contribution in [2.75, 3.05) is 0 Å². The lowest BCUT2D eigenvalue weighted by molar-refractivity contribution is 0.581. The molecule has 0 radical (unpaired) electrons. The van der Waals surface area contributed by atoms with E-state index < -0.39 is 10.0 Å². The topological polar surface area (TPSA) is 82.8 Å². The van der Waals surface area contributed by atoms with Crippen LogP contribution in [0, 0.1) is 11.3 Å². The quantitative estimate of drug-likeness (QED) is 0.918. The Kier molecular flexibility index (Phi) is 3.92. The van der Waals surface area contributed by atoms with Crippen molar-refractivity contribution in [3.63, 3.8) is 0 Å². The highest BCUT2D eigenvalue weighted by Gasteiger charge is 2.24. The number of benzene rings is 1. The van der Waals surface area contributed by atoms with E-state index in [4.69, 9.17) is 5.26 Å². The largest absolute Gasteiger partial charge is 0.264 e. The molecule has 0 unspecified atom stereocenters. The number of nitrogens with one attached hydrogen (secondary N) is 1. The van der Waals surface area contributed by atoms with Gasteiger partial charge in [0.15, 0.2) is 0 Å². The lowest BCUT2D eigenvalue weighted by Gasteiger charge is -2.08. The molecule has 2 aromatic rings. The zero-order valence-corrected chi connectivity index (χ0v) is 12.7. The summed E-state index contributed by atoms with van der Waals surface area (Å²) in [5, 5.41) is 9.02. The Labute approximate surface area is 129 Å². The second-order valence-corrected chi connectivity index (χ2v) is 7.07. The van der Waals surface area contributed by atoms with E-state index >= 15 is 0 Å². The van der Waals surface area contributed by atoms with Crippen LogP contribution in [0.5, 0.6) is 0 Å². The summed E-state index contributed by atoms with van der Waals surface area (Å²) in [6, 6.07) is 10.1. The Bertz CT molecular complexity index is 836. The highest BCUT2D eigenvalue weighted by molar-refractivity contribution is 7.89. The lowest BCUT2D eigenvalue weighted by Crippen LogP contribution is -2.24. The fraction of sp³-hybridized carbons (Fsp3) is 0.250. The van der Waals surface area contributed by atoms with E-state index in [2.05, 4.69) is 9.71 Å². The second-order valence-electron chi connectivity index (χ2n) is 5.33. The van der Waals surface area contributed by atoms with Crippen molar-refractivity contribution in [1.29, 1.82) is 5.26 Å². The van der Waals surface area contributed by atoms with E-state index in [0.29, 0.717) is 5.92 Å². The highest BCUT2D eigenvalue weighted by Crippen LogP contribution is 2.39. The molecule has 1 aromatic heterocycles. The number of nitriles is 1. The molecule has 0 aliphatic heterocycles. The molecule has 0 bridgehead atoms. The zero-order valence-electron chi connectivity index (χ0n) is 11.9. The summed E-state index contributed by atoms with van der Waals surface area (Å²) in [5.74, 6) is 0.573. The molecule has 112 valence electrons. The third-order valence-corrected chi connectivity index (χ3v) is 5.09. The Morgan fingerprint density at radius 3 is 2.77 bits per heavy atom. The first-order chi connectivity index (χ1) is 10.6. The number of hydrogen-bond donors (Lipinski definition) is 1. The van der Waals surface area contributed by atoms with E-state index in [9.17, 15) is 8.42 Å². The first-order valence-corrected chi connectivity index (χ1v) is 8.51. The molecule has 1 aromatic carbocycles. The first-order valence-electron chi connectivity index (χ1n) is 7.03. The summed E-state index contributed by atoms with van der Waals surface area (Å²) in [6.45, 7) is 0.162. The third-order valence-electron chi connectivity index (χ3n) is 3.63. The van der Waals surface area contributed by atoms with Crippen molar-refractivity contribution >= 4 is 10.0 Å². The van der Waals surface area contributed by atoms with E-state index in [1.54, 1.807) is 18.3 Å². The van der Waals surface area contributed by atoms with Crippen LogP contribution in [0.4, 0.5) is 0 Å². The Morgan fingerprint density at radius 2 is 2.05 bits per heavy atom. The number of nitrogens with zero attached hydrogens (tertiary/aromatic N) is 2. The lowest BCUT2D eigenvalue weighted by atomic mass is 10.1. The predicted octanol–water partition coefficient (Wildman–Crippen LogP) is 2.31. The van der Waals surface area contributed by atoms with Gasteiger partial charge in [-0.25, -0.2) is 13.1 Å². The van der Waals surface area contributed by atoms with Crippen LogP contribution < -0.4 is 4.72 Å². The van der Waals surface area contributed by atoms with E-state index in [1.165, 1.54) is 25.0 Å². The maximum absolute atomic E-state index is 12.3. The number of rotatable bonds is 5. The van der Waals surface area contributed by atoms with Gasteiger partial charge in [0.1, 0.15) is 6.07 Å². The minimum Gasteiger partial charge on any atom is -0.264 e. The molecule has 1 N–H and O–H groups in total. The molecular formula is C16H15N3O2S. The Morgan fingerprint density at radius 1 is 1.27 bits per heavy atom. The van der Waals surface area contributed by atoms with Crippen LogP contribution in [-0.2, 0) is 16.6 Å². The van der Waals surface area contributed by atoms with Gasteiger partial charge in [-0.15, -0.1) is 0 Å². The summed E-state index contributed by atoms with van der Waals surface area (Å²) in [5.41, 5.74) is 2.12. The second kappa shape index (κ2) is 5.87. The number of sulfonamides is 1. The third kappa shape index (κ3) is 3.16.